The minimum atomic E-state index is -3.54. The third kappa shape index (κ3) is 3.89. The second-order valence-electron chi connectivity index (χ2n) is 3.59. The Morgan fingerprint density at radius 3 is 2.71 bits per heavy atom. The average Bonchev–Trinajstić information content (AvgIpc) is 2.24. The van der Waals surface area contributed by atoms with Gasteiger partial charge in [-0.15, -0.1) is 0 Å². The normalized spacial score (nSPS) is 12.8. The Morgan fingerprint density at radius 2 is 2.24 bits per heavy atom. The minimum Gasteiger partial charge on any atom is -0.384 e. The van der Waals surface area contributed by atoms with Crippen LogP contribution in [0.1, 0.15) is 12.5 Å². The van der Waals surface area contributed by atoms with E-state index in [0.29, 0.717) is 16.3 Å². The van der Waals surface area contributed by atoms with Crippen molar-refractivity contribution < 1.29 is 8.42 Å². The van der Waals surface area contributed by atoms with Crippen molar-refractivity contribution in [1.82, 2.24) is 0 Å². The molecular weight excluding hydrogens is 262 g/mol. The molecule has 17 heavy (non-hydrogen) atoms. The van der Waals surface area contributed by atoms with Crippen LogP contribution >= 0.6 is 11.6 Å². The summed E-state index contributed by atoms with van der Waals surface area (Å²) in [6, 6.07) is 6.72. The van der Waals surface area contributed by atoms with E-state index in [9.17, 15) is 8.42 Å². The molecule has 0 saturated carbocycles. The third-order valence-corrected chi connectivity index (χ3v) is 3.85. The van der Waals surface area contributed by atoms with Gasteiger partial charge in [0.1, 0.15) is 6.07 Å². The minimum absolute atomic E-state index is 0.182. The van der Waals surface area contributed by atoms with Crippen molar-refractivity contribution in [1.29, 1.82) is 5.26 Å². The number of nitrogens with zero attached hydrogens (tertiary/aromatic N) is 1. The van der Waals surface area contributed by atoms with Gasteiger partial charge in [-0.2, -0.15) is 5.26 Å². The lowest BCUT2D eigenvalue weighted by atomic mass is 10.2. The van der Waals surface area contributed by atoms with Gasteiger partial charge in [0.15, 0.2) is 0 Å². The molecule has 7 heteroatoms. The number of nitrogens with two attached hydrogens (primary N) is 1. The molecular formula is C10H12ClN3O2S. The summed E-state index contributed by atoms with van der Waals surface area (Å²) in [7, 11) is -3.54. The highest BCUT2D eigenvalue weighted by Gasteiger charge is 2.14. The molecule has 0 saturated heterocycles. The summed E-state index contributed by atoms with van der Waals surface area (Å²) in [4.78, 5) is 0. The van der Waals surface area contributed by atoms with E-state index in [-0.39, 0.29) is 6.54 Å². The zero-order chi connectivity index (χ0) is 13.1. The van der Waals surface area contributed by atoms with Gasteiger partial charge in [0, 0.05) is 12.2 Å². The fourth-order valence-corrected chi connectivity index (χ4v) is 1.63. The van der Waals surface area contributed by atoms with Crippen molar-refractivity contribution in [2.45, 2.75) is 12.2 Å². The van der Waals surface area contributed by atoms with Crippen molar-refractivity contribution in [3.63, 3.8) is 0 Å². The van der Waals surface area contributed by atoms with Crippen molar-refractivity contribution in [2.24, 2.45) is 5.14 Å². The molecule has 0 aliphatic rings. The standard InChI is InChI=1S/C10H12ClN3O2S/c1-7(17(13,15)16)6-14-9-3-2-8(5-12)10(11)4-9/h2-4,7,14H,6H2,1H3,(H2,13,15,16)/t7-/m1/s1. The lowest BCUT2D eigenvalue weighted by Crippen LogP contribution is -2.31. The van der Waals surface area contributed by atoms with E-state index in [1.54, 1.807) is 18.2 Å². The topological polar surface area (TPSA) is 96.0 Å². The number of nitriles is 1. The van der Waals surface area contributed by atoms with Crippen LogP contribution in [0.3, 0.4) is 0 Å². The number of halogens is 1. The maximum Gasteiger partial charge on any atom is 0.213 e. The van der Waals surface area contributed by atoms with Gasteiger partial charge in [-0.3, -0.25) is 0 Å². The fraction of sp³-hybridized carbons (Fsp3) is 0.300. The SMILES string of the molecule is C[C@H](CNc1ccc(C#N)c(Cl)c1)S(N)(=O)=O. The fourth-order valence-electron chi connectivity index (χ4n) is 1.09. The summed E-state index contributed by atoms with van der Waals surface area (Å²) in [5.74, 6) is 0. The molecule has 0 amide bonds. The van der Waals surface area contributed by atoms with Crippen LogP contribution in [-0.4, -0.2) is 20.2 Å². The first kappa shape index (κ1) is 13.8. The molecule has 1 aromatic rings. The van der Waals surface area contributed by atoms with Gasteiger partial charge in [0.2, 0.25) is 10.0 Å². The van der Waals surface area contributed by atoms with E-state index in [1.807, 2.05) is 6.07 Å². The van der Waals surface area contributed by atoms with Crippen LogP contribution in [0.25, 0.3) is 0 Å². The molecule has 0 aliphatic heterocycles. The molecule has 0 aliphatic carbocycles. The van der Waals surface area contributed by atoms with Gasteiger partial charge in [-0.05, 0) is 25.1 Å². The molecule has 1 aromatic carbocycles. The molecule has 1 rings (SSSR count). The molecule has 0 heterocycles. The summed E-state index contributed by atoms with van der Waals surface area (Å²) in [6.45, 7) is 1.69. The van der Waals surface area contributed by atoms with Crippen LogP contribution in [0.2, 0.25) is 5.02 Å². The van der Waals surface area contributed by atoms with Crippen molar-refractivity contribution >= 4 is 27.3 Å². The van der Waals surface area contributed by atoms with Crippen molar-refractivity contribution in [2.75, 3.05) is 11.9 Å². The van der Waals surface area contributed by atoms with Gasteiger partial charge < -0.3 is 5.32 Å². The molecule has 0 bridgehead atoms. The second kappa shape index (κ2) is 5.36. The molecule has 0 unspecified atom stereocenters. The predicted octanol–water partition coefficient (Wildman–Crippen LogP) is 1.30. The van der Waals surface area contributed by atoms with Crippen LogP contribution < -0.4 is 10.5 Å². The molecule has 0 radical (unpaired) electrons. The van der Waals surface area contributed by atoms with Crippen molar-refractivity contribution in [3.05, 3.63) is 28.8 Å². The van der Waals surface area contributed by atoms with Crippen molar-refractivity contribution in [3.8, 4) is 6.07 Å². The highest BCUT2D eigenvalue weighted by molar-refractivity contribution is 7.89. The average molecular weight is 274 g/mol. The Morgan fingerprint density at radius 1 is 1.59 bits per heavy atom. The number of sulfonamides is 1. The van der Waals surface area contributed by atoms with Gasteiger partial charge in [-0.1, -0.05) is 11.6 Å². The zero-order valence-corrected chi connectivity index (χ0v) is 10.7. The number of primary sulfonamides is 1. The Labute approximate surface area is 105 Å². The number of benzene rings is 1. The third-order valence-electron chi connectivity index (χ3n) is 2.24. The van der Waals surface area contributed by atoms with Gasteiger partial charge in [0.25, 0.3) is 0 Å². The number of rotatable bonds is 4. The lowest BCUT2D eigenvalue weighted by molar-refractivity contribution is 0.587. The predicted molar refractivity (Wildman–Crippen MR) is 67.2 cm³/mol. The largest absolute Gasteiger partial charge is 0.384 e. The van der Waals surface area contributed by atoms with E-state index in [4.69, 9.17) is 22.0 Å². The first-order valence-corrected chi connectivity index (χ1v) is 6.78. The Hall–Kier alpha value is -1.29. The number of hydrogen-bond donors (Lipinski definition) is 2. The Balaban J connectivity index is 2.72. The Kier molecular flexibility index (Phi) is 4.34. The zero-order valence-electron chi connectivity index (χ0n) is 9.14. The molecule has 5 nitrogen and oxygen atoms in total. The number of anilines is 1. The first-order valence-electron chi connectivity index (χ1n) is 4.79. The van der Waals surface area contributed by atoms with E-state index in [2.05, 4.69) is 5.32 Å². The van der Waals surface area contributed by atoms with E-state index < -0.39 is 15.3 Å². The molecule has 0 spiro atoms. The summed E-state index contributed by atoms with van der Waals surface area (Å²) >= 11 is 5.83. The number of nitrogens with one attached hydrogen (secondary N) is 1. The second-order valence-corrected chi connectivity index (χ2v) is 5.98. The molecule has 92 valence electrons. The van der Waals surface area contributed by atoms with Crippen LogP contribution in [0, 0.1) is 11.3 Å². The van der Waals surface area contributed by atoms with Crippen LogP contribution in [0.15, 0.2) is 18.2 Å². The quantitative estimate of drug-likeness (QED) is 0.864. The summed E-state index contributed by atoms with van der Waals surface area (Å²) in [5, 5.41) is 16.2. The van der Waals surface area contributed by atoms with Gasteiger partial charge >= 0.3 is 0 Å². The van der Waals surface area contributed by atoms with E-state index in [1.165, 1.54) is 6.92 Å². The maximum atomic E-state index is 11.0. The van der Waals surface area contributed by atoms with Crippen LogP contribution in [0.5, 0.6) is 0 Å². The smallest absolute Gasteiger partial charge is 0.213 e. The van der Waals surface area contributed by atoms with Crippen LogP contribution in [0.4, 0.5) is 5.69 Å². The highest BCUT2D eigenvalue weighted by atomic mass is 35.5. The molecule has 3 N–H and O–H groups in total. The Bertz CT molecular complexity index is 551. The van der Waals surface area contributed by atoms with Gasteiger partial charge in [0.05, 0.1) is 15.8 Å². The molecule has 1 atom stereocenters. The summed E-state index contributed by atoms with van der Waals surface area (Å²) < 4.78 is 22.0. The molecule has 0 aromatic heterocycles. The monoisotopic (exact) mass is 273 g/mol. The summed E-state index contributed by atoms with van der Waals surface area (Å²) in [6.07, 6.45) is 0. The van der Waals surface area contributed by atoms with Gasteiger partial charge in [-0.25, -0.2) is 13.6 Å². The lowest BCUT2D eigenvalue weighted by Gasteiger charge is -2.11. The maximum absolute atomic E-state index is 11.0. The highest BCUT2D eigenvalue weighted by Crippen LogP contribution is 2.20. The first-order chi connectivity index (χ1) is 7.84. The summed E-state index contributed by atoms with van der Waals surface area (Å²) in [5.41, 5.74) is 1.02. The molecule has 0 fully saturated rings. The number of hydrogen-bond acceptors (Lipinski definition) is 4. The van der Waals surface area contributed by atoms with Crippen LogP contribution in [-0.2, 0) is 10.0 Å². The van der Waals surface area contributed by atoms with E-state index >= 15 is 0 Å². The van der Waals surface area contributed by atoms with E-state index in [0.717, 1.165) is 0 Å².